The molecule has 0 N–H and O–H groups in total. The molecule has 9 rings (SSSR count). The second-order valence-electron chi connectivity index (χ2n) is 14.9. The fourth-order valence-corrected chi connectivity index (χ4v) is 8.27. The van der Waals surface area contributed by atoms with Gasteiger partial charge in [0.05, 0.1) is 55.8 Å². The van der Waals surface area contributed by atoms with Crippen molar-refractivity contribution in [3.05, 3.63) is 179 Å². The van der Waals surface area contributed by atoms with Crippen LogP contribution in [0.2, 0.25) is 0 Å². The largest absolute Gasteiger partial charge is 0.416 e. The summed E-state index contributed by atoms with van der Waals surface area (Å²) < 4.78 is 172. The van der Waals surface area contributed by atoms with E-state index >= 15 is 0 Å². The van der Waals surface area contributed by atoms with Crippen LogP contribution in [0.5, 0.6) is 0 Å². The maximum Gasteiger partial charge on any atom is 0.416 e. The summed E-state index contributed by atoms with van der Waals surface area (Å²) in [6, 6.07) is 28.8. The molecular weight excluding hydrogens is 865 g/mol. The van der Waals surface area contributed by atoms with Crippen LogP contribution in [0.1, 0.15) is 43.0 Å². The number of alkyl halides is 12. The monoisotopic (exact) mass is 888 g/mol. The molecular formula is C48H24F12N2O2. The van der Waals surface area contributed by atoms with E-state index in [1.54, 1.807) is 54.6 Å². The van der Waals surface area contributed by atoms with Crippen molar-refractivity contribution in [1.82, 2.24) is 4.57 Å². The summed E-state index contributed by atoms with van der Waals surface area (Å²) in [5.74, 6) is -1.58. The molecule has 322 valence electrons. The van der Waals surface area contributed by atoms with Crippen LogP contribution in [0.15, 0.2) is 146 Å². The highest BCUT2D eigenvalue weighted by Gasteiger charge is 2.42. The Morgan fingerprint density at radius 1 is 0.344 bits per heavy atom. The van der Waals surface area contributed by atoms with Crippen LogP contribution in [-0.4, -0.2) is 16.4 Å². The van der Waals surface area contributed by atoms with E-state index in [4.69, 9.17) is 0 Å². The first-order valence-corrected chi connectivity index (χ1v) is 19.0. The molecule has 0 spiro atoms. The highest BCUT2D eigenvalue weighted by Crippen LogP contribution is 2.48. The Bertz CT molecular complexity index is 3020. The molecule has 0 aliphatic carbocycles. The molecule has 0 saturated heterocycles. The number of amides is 2. The summed E-state index contributed by atoms with van der Waals surface area (Å²) in [5, 5.41) is -0.376. The maximum atomic E-state index is 14.7. The summed E-state index contributed by atoms with van der Waals surface area (Å²) in [6.07, 6.45) is -21.2. The SMILES string of the molecule is O=C1c2cccc(-n3c4cccc(-c5cc(C(F)(F)F)cc(C(F)(F)F)c5)c4c4c(-c5cc(C(F)(F)F)cc(C(F)(F)F)c5)cccc43)c2C(=O)N1c1ccccc1-c1ccccc1. The minimum Gasteiger partial charge on any atom is -0.308 e. The number of benzene rings is 7. The van der Waals surface area contributed by atoms with Crippen molar-refractivity contribution in [1.29, 1.82) is 0 Å². The number of carbonyl (C=O) groups is 2. The lowest BCUT2D eigenvalue weighted by molar-refractivity contribution is -0.144. The Hall–Kier alpha value is -7.36. The molecule has 0 atom stereocenters. The van der Waals surface area contributed by atoms with Crippen LogP contribution < -0.4 is 4.90 Å². The number of halogens is 12. The van der Waals surface area contributed by atoms with Gasteiger partial charge in [0.25, 0.3) is 11.8 Å². The van der Waals surface area contributed by atoms with E-state index in [1.807, 2.05) is 0 Å². The Labute approximate surface area is 353 Å². The molecule has 8 aromatic rings. The third-order valence-electron chi connectivity index (χ3n) is 11.0. The van der Waals surface area contributed by atoms with Gasteiger partial charge >= 0.3 is 24.7 Å². The number of fused-ring (bicyclic) bond motifs is 4. The van der Waals surface area contributed by atoms with Crippen molar-refractivity contribution in [2.45, 2.75) is 24.7 Å². The quantitative estimate of drug-likeness (QED) is 0.128. The summed E-state index contributed by atoms with van der Waals surface area (Å²) in [7, 11) is 0. The number of hydrogen-bond donors (Lipinski definition) is 0. The van der Waals surface area contributed by atoms with E-state index in [2.05, 4.69) is 0 Å². The van der Waals surface area contributed by atoms with Gasteiger partial charge in [0.15, 0.2) is 0 Å². The van der Waals surface area contributed by atoms with Gasteiger partial charge in [-0.25, -0.2) is 4.90 Å². The van der Waals surface area contributed by atoms with Crippen molar-refractivity contribution < 1.29 is 62.3 Å². The zero-order valence-corrected chi connectivity index (χ0v) is 32.1. The Morgan fingerprint density at radius 2 is 0.734 bits per heavy atom. The molecule has 1 aromatic heterocycles. The third kappa shape index (κ3) is 7.02. The van der Waals surface area contributed by atoms with Crippen molar-refractivity contribution >= 4 is 39.3 Å². The fourth-order valence-electron chi connectivity index (χ4n) is 8.27. The van der Waals surface area contributed by atoms with Gasteiger partial charge in [-0.15, -0.1) is 0 Å². The first kappa shape index (κ1) is 42.0. The number of anilines is 1. The van der Waals surface area contributed by atoms with Crippen molar-refractivity contribution in [3.8, 4) is 39.1 Å². The summed E-state index contributed by atoms with van der Waals surface area (Å²) in [6.45, 7) is 0. The second kappa shape index (κ2) is 14.6. The number of imide groups is 1. The number of hydrogen-bond acceptors (Lipinski definition) is 2. The van der Waals surface area contributed by atoms with Crippen LogP contribution in [-0.2, 0) is 24.7 Å². The molecule has 0 fully saturated rings. The highest BCUT2D eigenvalue weighted by molar-refractivity contribution is 6.36. The van der Waals surface area contributed by atoms with Gasteiger partial charge in [0.1, 0.15) is 0 Å². The lowest BCUT2D eigenvalue weighted by atomic mass is 9.91. The van der Waals surface area contributed by atoms with Crippen LogP contribution in [0.25, 0.3) is 60.9 Å². The van der Waals surface area contributed by atoms with Crippen molar-refractivity contribution in [2.24, 2.45) is 0 Å². The van der Waals surface area contributed by atoms with E-state index in [9.17, 15) is 62.3 Å². The molecule has 0 radical (unpaired) electrons. The number of carbonyl (C=O) groups excluding carboxylic acids is 2. The second-order valence-corrected chi connectivity index (χ2v) is 14.9. The first-order chi connectivity index (χ1) is 30.1. The highest BCUT2D eigenvalue weighted by atomic mass is 19.4. The molecule has 0 bridgehead atoms. The van der Waals surface area contributed by atoms with Gasteiger partial charge in [-0.3, -0.25) is 9.59 Å². The number of para-hydroxylation sites is 1. The molecule has 0 unspecified atom stereocenters. The minimum atomic E-state index is -5.29. The molecule has 16 heteroatoms. The summed E-state index contributed by atoms with van der Waals surface area (Å²) >= 11 is 0. The number of aromatic nitrogens is 1. The average Bonchev–Trinajstić information content (AvgIpc) is 3.72. The van der Waals surface area contributed by atoms with E-state index < -0.39 is 69.9 Å². The number of nitrogens with zero attached hydrogens (tertiary/aromatic N) is 2. The Morgan fingerprint density at radius 3 is 1.20 bits per heavy atom. The van der Waals surface area contributed by atoms with Gasteiger partial charge in [-0.1, -0.05) is 78.9 Å². The molecule has 2 amide bonds. The smallest absolute Gasteiger partial charge is 0.308 e. The zero-order valence-electron chi connectivity index (χ0n) is 32.1. The topological polar surface area (TPSA) is 42.3 Å². The van der Waals surface area contributed by atoms with E-state index in [1.165, 1.54) is 47.0 Å². The Kier molecular flexibility index (Phi) is 9.58. The first-order valence-electron chi connectivity index (χ1n) is 19.0. The standard InChI is InChI=1S/C48H24F12N2O2/c49-45(50,51)28-19-26(20-29(23-28)46(52,53)54)33-12-6-16-37-40(33)41-34(27-21-30(47(55,56)57)24-31(22-27)48(58,59)60)13-7-17-38(41)61(37)39-18-8-14-35-42(39)44(64)62(43(35)63)36-15-5-4-11-32(36)25-9-2-1-3-10-25/h1-24H. The van der Waals surface area contributed by atoms with Gasteiger partial charge in [-0.05, 0) is 94.5 Å². The molecule has 1 aliphatic rings. The van der Waals surface area contributed by atoms with Crippen LogP contribution in [0.4, 0.5) is 58.4 Å². The van der Waals surface area contributed by atoms with Gasteiger partial charge in [0, 0.05) is 16.3 Å². The maximum absolute atomic E-state index is 14.7. The predicted molar refractivity (Wildman–Crippen MR) is 215 cm³/mol. The predicted octanol–water partition coefficient (Wildman–Crippen LogP) is 14.7. The molecule has 0 saturated carbocycles. The molecule has 7 aromatic carbocycles. The van der Waals surface area contributed by atoms with Gasteiger partial charge in [-0.2, -0.15) is 52.7 Å². The van der Waals surface area contributed by atoms with E-state index in [0.717, 1.165) is 17.0 Å². The zero-order chi connectivity index (χ0) is 45.7. The normalized spacial score (nSPS) is 13.7. The molecule has 64 heavy (non-hydrogen) atoms. The van der Waals surface area contributed by atoms with E-state index in [0.29, 0.717) is 35.4 Å². The molecule has 2 heterocycles. The van der Waals surface area contributed by atoms with Gasteiger partial charge < -0.3 is 4.57 Å². The lowest BCUT2D eigenvalue weighted by Gasteiger charge is -2.19. The van der Waals surface area contributed by atoms with E-state index in [-0.39, 0.29) is 67.6 Å². The fraction of sp³-hybridized carbons (Fsp3) is 0.0833. The lowest BCUT2D eigenvalue weighted by Crippen LogP contribution is -2.30. The van der Waals surface area contributed by atoms with Crippen LogP contribution in [0.3, 0.4) is 0 Å². The summed E-state index contributed by atoms with van der Waals surface area (Å²) in [5.41, 5.74) is -7.72. The van der Waals surface area contributed by atoms with Crippen LogP contribution >= 0.6 is 0 Å². The van der Waals surface area contributed by atoms with Crippen molar-refractivity contribution in [3.63, 3.8) is 0 Å². The Balaban J connectivity index is 1.38. The van der Waals surface area contributed by atoms with Crippen LogP contribution in [0, 0.1) is 0 Å². The number of rotatable bonds is 5. The van der Waals surface area contributed by atoms with Crippen molar-refractivity contribution in [2.75, 3.05) is 4.90 Å². The molecule has 1 aliphatic heterocycles. The van der Waals surface area contributed by atoms with Gasteiger partial charge in [0.2, 0.25) is 0 Å². The third-order valence-corrected chi connectivity index (χ3v) is 11.0. The summed E-state index contributed by atoms with van der Waals surface area (Å²) in [4.78, 5) is 30.0. The average molecular weight is 889 g/mol. The molecule has 4 nitrogen and oxygen atoms in total. The minimum absolute atomic E-state index is 0.0364.